The Labute approximate surface area is 418 Å². The molecule has 3 N–H and O–H groups in total. The molecule has 0 saturated carbocycles. The molecule has 9 heteroatoms. The summed E-state index contributed by atoms with van der Waals surface area (Å²) >= 11 is 0. The second kappa shape index (κ2) is 50.2. The van der Waals surface area contributed by atoms with Crippen molar-refractivity contribution in [2.45, 2.75) is 315 Å². The Balaban J connectivity index is 4.14. The van der Waals surface area contributed by atoms with Gasteiger partial charge in [0.05, 0.1) is 39.9 Å². The van der Waals surface area contributed by atoms with E-state index in [0.717, 1.165) is 32.1 Å². The van der Waals surface area contributed by atoms with Crippen LogP contribution in [0, 0.1) is 0 Å². The number of aliphatic hydroxyl groups is 1. The van der Waals surface area contributed by atoms with Gasteiger partial charge in [-0.05, 0) is 19.3 Å². The molecule has 0 bridgehead atoms. The van der Waals surface area contributed by atoms with E-state index in [1.165, 1.54) is 250 Å². The second-order valence-electron chi connectivity index (χ2n) is 21.7. The summed E-state index contributed by atoms with van der Waals surface area (Å²) in [6.07, 6.45) is 61.7. The molecule has 0 aliphatic rings. The Morgan fingerprint density at radius 3 is 1.10 bits per heavy atom. The van der Waals surface area contributed by atoms with E-state index in [2.05, 4.69) is 19.2 Å². The third-order valence-electron chi connectivity index (χ3n) is 13.8. The van der Waals surface area contributed by atoms with Gasteiger partial charge in [0, 0.05) is 6.42 Å². The van der Waals surface area contributed by atoms with Gasteiger partial charge < -0.3 is 19.8 Å². The van der Waals surface area contributed by atoms with Gasteiger partial charge in [-0.25, -0.2) is 4.57 Å². The van der Waals surface area contributed by atoms with Crippen molar-refractivity contribution >= 4 is 13.7 Å². The summed E-state index contributed by atoms with van der Waals surface area (Å²) in [6.45, 7) is 4.87. The first-order valence-electron chi connectivity index (χ1n) is 29.6. The van der Waals surface area contributed by atoms with Gasteiger partial charge in [-0.3, -0.25) is 13.8 Å². The zero-order valence-corrected chi connectivity index (χ0v) is 46.6. The van der Waals surface area contributed by atoms with E-state index in [4.69, 9.17) is 9.05 Å². The van der Waals surface area contributed by atoms with Crippen LogP contribution in [-0.2, 0) is 18.4 Å². The van der Waals surface area contributed by atoms with Crippen molar-refractivity contribution in [3.8, 4) is 0 Å². The number of amides is 1. The molecule has 0 saturated heterocycles. The third-order valence-corrected chi connectivity index (χ3v) is 14.7. The molecule has 0 fully saturated rings. The topological polar surface area (TPSA) is 105 Å². The van der Waals surface area contributed by atoms with Gasteiger partial charge >= 0.3 is 7.82 Å². The molecule has 67 heavy (non-hydrogen) atoms. The van der Waals surface area contributed by atoms with E-state index >= 15 is 0 Å². The number of allylic oxidation sites excluding steroid dienone is 1. The first-order chi connectivity index (χ1) is 32.5. The van der Waals surface area contributed by atoms with Crippen LogP contribution in [0.3, 0.4) is 0 Å². The minimum atomic E-state index is -4.34. The Hall–Kier alpha value is -0.760. The lowest BCUT2D eigenvalue weighted by Crippen LogP contribution is -2.45. The molecule has 0 heterocycles. The van der Waals surface area contributed by atoms with E-state index in [1.807, 2.05) is 27.2 Å². The van der Waals surface area contributed by atoms with Crippen LogP contribution in [0.1, 0.15) is 303 Å². The molecule has 0 rings (SSSR count). The lowest BCUT2D eigenvalue weighted by Gasteiger charge is -2.25. The second-order valence-corrected chi connectivity index (χ2v) is 23.2. The molecule has 0 aromatic carbocycles. The lowest BCUT2D eigenvalue weighted by molar-refractivity contribution is -0.870. The number of nitrogens with zero attached hydrogens (tertiary/aromatic N) is 1. The largest absolute Gasteiger partial charge is 0.472 e. The number of hydrogen-bond acceptors (Lipinski definition) is 5. The number of aliphatic hydroxyl groups excluding tert-OH is 1. The Morgan fingerprint density at radius 2 is 0.791 bits per heavy atom. The number of nitrogens with one attached hydrogen (secondary N) is 1. The highest BCUT2D eigenvalue weighted by Gasteiger charge is 2.27. The number of carbonyl (C=O) groups is 1. The SMILES string of the molecule is CCCCCCCCCCCCCCCCCCCCCCCCCCC/C=C/C(O)C(COP(=O)(O)OCC[N+](C)(C)C)NC(=O)CCCCCCCCCCCCCCCCCCCC. The minimum absolute atomic E-state index is 0.0652. The van der Waals surface area contributed by atoms with E-state index in [9.17, 15) is 19.4 Å². The first kappa shape index (κ1) is 66.2. The van der Waals surface area contributed by atoms with Crippen LogP contribution in [0.4, 0.5) is 0 Å². The molecule has 0 aliphatic carbocycles. The first-order valence-corrected chi connectivity index (χ1v) is 31.1. The standard InChI is InChI=1S/C58H117N2O6P/c1-6-8-10-12-14-16-18-20-22-24-26-27-28-29-30-31-32-33-34-35-37-39-41-43-45-47-49-51-57(61)56(55-66-67(63,64)65-54-53-60(3,4)5)59-58(62)52-50-48-46-44-42-40-38-36-25-23-21-19-17-15-13-11-9-7-2/h49,51,56-57,61H,6-48,50,52-55H2,1-5H3,(H-,59,62,63,64)/p+1/b51-49+. The van der Waals surface area contributed by atoms with Crippen molar-refractivity contribution in [2.24, 2.45) is 0 Å². The summed E-state index contributed by atoms with van der Waals surface area (Å²) < 4.78 is 23.7. The number of hydrogen-bond donors (Lipinski definition) is 3. The maximum Gasteiger partial charge on any atom is 0.472 e. The number of unbranched alkanes of at least 4 members (excludes halogenated alkanes) is 42. The highest BCUT2D eigenvalue weighted by molar-refractivity contribution is 7.47. The smallest absolute Gasteiger partial charge is 0.387 e. The van der Waals surface area contributed by atoms with Crippen molar-refractivity contribution in [3.63, 3.8) is 0 Å². The Kier molecular flexibility index (Phi) is 49.6. The van der Waals surface area contributed by atoms with E-state index in [0.29, 0.717) is 17.4 Å². The predicted octanol–water partition coefficient (Wildman–Crippen LogP) is 17.8. The molecule has 1 amide bonds. The van der Waals surface area contributed by atoms with Gasteiger partial charge in [0.15, 0.2) is 0 Å². The van der Waals surface area contributed by atoms with Gasteiger partial charge in [-0.1, -0.05) is 289 Å². The highest BCUT2D eigenvalue weighted by Crippen LogP contribution is 2.43. The third kappa shape index (κ3) is 52.9. The fraction of sp³-hybridized carbons (Fsp3) is 0.948. The molecule has 0 radical (unpaired) electrons. The van der Waals surface area contributed by atoms with Gasteiger partial charge in [0.25, 0.3) is 0 Å². The van der Waals surface area contributed by atoms with Crippen LogP contribution >= 0.6 is 7.82 Å². The number of phosphoric acid groups is 1. The van der Waals surface area contributed by atoms with E-state index in [1.54, 1.807) is 6.08 Å². The number of rotatable bonds is 55. The van der Waals surface area contributed by atoms with E-state index in [-0.39, 0.29) is 19.1 Å². The number of likely N-dealkylation sites (N-methyl/N-ethyl adjacent to an activating group) is 1. The van der Waals surface area contributed by atoms with Gasteiger partial charge in [0.1, 0.15) is 13.2 Å². The Bertz CT molecular complexity index is 1100. The van der Waals surface area contributed by atoms with Crippen molar-refractivity contribution < 1.29 is 32.9 Å². The Morgan fingerprint density at radius 1 is 0.493 bits per heavy atom. The van der Waals surface area contributed by atoms with Crippen LogP contribution in [0.15, 0.2) is 12.2 Å². The highest BCUT2D eigenvalue weighted by atomic mass is 31.2. The zero-order valence-electron chi connectivity index (χ0n) is 45.7. The molecule has 8 nitrogen and oxygen atoms in total. The minimum Gasteiger partial charge on any atom is -0.387 e. The fourth-order valence-electron chi connectivity index (χ4n) is 9.10. The van der Waals surface area contributed by atoms with Gasteiger partial charge in [0.2, 0.25) is 5.91 Å². The molecule has 3 atom stereocenters. The molecule has 400 valence electrons. The average molecular weight is 971 g/mol. The number of carbonyl (C=O) groups excluding carboxylic acids is 1. The molecular formula is C58H118N2O6P+. The summed E-state index contributed by atoms with van der Waals surface area (Å²) in [5.41, 5.74) is 0. The quantitative estimate of drug-likeness (QED) is 0.0243. The molecule has 0 aliphatic heterocycles. The maximum atomic E-state index is 13.0. The zero-order chi connectivity index (χ0) is 49.2. The van der Waals surface area contributed by atoms with Crippen LogP contribution in [-0.4, -0.2) is 73.4 Å². The van der Waals surface area contributed by atoms with Crippen LogP contribution in [0.5, 0.6) is 0 Å². The molecular weight excluding hydrogens is 852 g/mol. The van der Waals surface area contributed by atoms with Crippen molar-refractivity contribution in [2.75, 3.05) is 40.9 Å². The molecule has 0 spiro atoms. The maximum absolute atomic E-state index is 13.0. The number of quaternary nitrogens is 1. The molecule has 0 aromatic heterocycles. The molecule has 0 aromatic rings. The molecule has 3 unspecified atom stereocenters. The van der Waals surface area contributed by atoms with E-state index < -0.39 is 20.0 Å². The van der Waals surface area contributed by atoms with Crippen molar-refractivity contribution in [3.05, 3.63) is 12.2 Å². The average Bonchev–Trinajstić information content (AvgIpc) is 3.29. The van der Waals surface area contributed by atoms with Crippen LogP contribution in [0.25, 0.3) is 0 Å². The fourth-order valence-corrected chi connectivity index (χ4v) is 9.84. The van der Waals surface area contributed by atoms with Crippen LogP contribution < -0.4 is 5.32 Å². The van der Waals surface area contributed by atoms with Crippen molar-refractivity contribution in [1.29, 1.82) is 0 Å². The summed E-state index contributed by atoms with van der Waals surface area (Å²) in [6, 6.07) is -0.842. The normalized spacial score (nSPS) is 14.0. The van der Waals surface area contributed by atoms with Crippen molar-refractivity contribution in [1.82, 2.24) is 5.32 Å². The monoisotopic (exact) mass is 970 g/mol. The summed E-state index contributed by atoms with van der Waals surface area (Å²) in [5.74, 6) is -0.170. The summed E-state index contributed by atoms with van der Waals surface area (Å²) in [7, 11) is 1.59. The van der Waals surface area contributed by atoms with Gasteiger partial charge in [-0.15, -0.1) is 0 Å². The summed E-state index contributed by atoms with van der Waals surface area (Å²) in [4.78, 5) is 23.3. The predicted molar refractivity (Wildman–Crippen MR) is 291 cm³/mol. The lowest BCUT2D eigenvalue weighted by atomic mass is 10.0. The van der Waals surface area contributed by atoms with Crippen LogP contribution in [0.2, 0.25) is 0 Å². The summed E-state index contributed by atoms with van der Waals surface area (Å²) in [5, 5.41) is 14.0. The van der Waals surface area contributed by atoms with Gasteiger partial charge in [-0.2, -0.15) is 0 Å². The number of phosphoric ester groups is 1.